The van der Waals surface area contributed by atoms with E-state index >= 15 is 0 Å². The van der Waals surface area contributed by atoms with Crippen LogP contribution in [0.4, 0.5) is 4.79 Å². The second-order valence-corrected chi connectivity index (χ2v) is 10.3. The number of methoxy groups -OCH3 is 2. The van der Waals surface area contributed by atoms with Crippen molar-refractivity contribution in [2.24, 2.45) is 0 Å². The van der Waals surface area contributed by atoms with E-state index < -0.39 is 5.60 Å². The molecule has 1 N–H and O–H groups in total. The molecule has 0 saturated carbocycles. The fraction of sp³-hybridized carbons (Fsp3) is 0.414. The molecule has 0 aliphatic carbocycles. The van der Waals surface area contributed by atoms with Gasteiger partial charge < -0.3 is 24.1 Å². The van der Waals surface area contributed by atoms with Crippen molar-refractivity contribution in [3.05, 3.63) is 53.6 Å². The number of benzene rings is 2. The van der Waals surface area contributed by atoms with Gasteiger partial charge in [0.05, 0.1) is 19.9 Å². The van der Waals surface area contributed by atoms with E-state index in [9.17, 15) is 4.79 Å². The Labute approximate surface area is 207 Å². The van der Waals surface area contributed by atoms with Gasteiger partial charge in [-0.15, -0.1) is 0 Å². The van der Waals surface area contributed by atoms with Crippen LogP contribution in [0.25, 0.3) is 27.7 Å². The van der Waals surface area contributed by atoms with Crippen LogP contribution in [0, 0.1) is 0 Å². The number of hydrogen-bond acceptors (Lipinski definition) is 4. The average molecular weight is 477 g/mol. The lowest BCUT2D eigenvalue weighted by Gasteiger charge is -2.29. The van der Waals surface area contributed by atoms with Gasteiger partial charge in [-0.1, -0.05) is 26.0 Å². The first-order valence-corrected chi connectivity index (χ1v) is 12.2. The highest BCUT2D eigenvalue weighted by Crippen LogP contribution is 2.40. The normalized spacial score (nSPS) is 14.3. The molecule has 1 aliphatic heterocycles. The van der Waals surface area contributed by atoms with Gasteiger partial charge in [0.25, 0.3) is 0 Å². The number of aromatic nitrogens is 1. The molecule has 0 unspecified atom stereocenters. The summed E-state index contributed by atoms with van der Waals surface area (Å²) < 4.78 is 16.5. The van der Waals surface area contributed by atoms with Gasteiger partial charge >= 0.3 is 6.09 Å². The van der Waals surface area contributed by atoms with Crippen LogP contribution in [0.3, 0.4) is 0 Å². The van der Waals surface area contributed by atoms with Gasteiger partial charge in [0.15, 0.2) is 11.5 Å². The van der Waals surface area contributed by atoms with Gasteiger partial charge in [0, 0.05) is 29.6 Å². The maximum absolute atomic E-state index is 12.4. The van der Waals surface area contributed by atoms with Gasteiger partial charge in [-0.05, 0) is 80.1 Å². The molecule has 6 nitrogen and oxygen atoms in total. The Bertz CT molecular complexity index is 1260. The number of nitrogens with zero attached hydrogens (tertiary/aromatic N) is 1. The summed E-state index contributed by atoms with van der Waals surface area (Å²) in [7, 11) is 3.30. The quantitative estimate of drug-likeness (QED) is 0.431. The molecule has 2 heterocycles. The molecule has 0 saturated heterocycles. The van der Waals surface area contributed by atoms with Gasteiger partial charge in [-0.3, -0.25) is 0 Å². The molecule has 0 spiro atoms. The van der Waals surface area contributed by atoms with Crippen LogP contribution >= 0.6 is 0 Å². The number of hydrogen-bond donors (Lipinski definition) is 1. The minimum atomic E-state index is -0.487. The highest BCUT2D eigenvalue weighted by molar-refractivity contribution is 5.94. The summed E-state index contributed by atoms with van der Waals surface area (Å²) in [4.78, 5) is 17.8. The van der Waals surface area contributed by atoms with Gasteiger partial charge in [0.2, 0.25) is 0 Å². The first kappa shape index (κ1) is 24.7. The van der Waals surface area contributed by atoms with E-state index in [1.807, 2.05) is 32.9 Å². The standard InChI is InChI=1S/C29H36N2O4/c1-18(2)26-22-16-20(19-12-14-31(15-13-19)28(32)35-29(3,4)5)8-10-23(22)30-27(26)21-9-11-24(33-6)25(17-21)34-7/h8-12,16-18,30H,13-15H2,1-7H3. The monoisotopic (exact) mass is 476 g/mol. The zero-order valence-electron chi connectivity index (χ0n) is 21.8. The number of fused-ring (bicyclic) bond motifs is 1. The molecule has 1 aromatic heterocycles. The number of aromatic amines is 1. The maximum Gasteiger partial charge on any atom is 0.410 e. The highest BCUT2D eigenvalue weighted by atomic mass is 16.6. The predicted molar refractivity (Wildman–Crippen MR) is 141 cm³/mol. The van der Waals surface area contributed by atoms with Crippen molar-refractivity contribution in [2.45, 2.75) is 52.6 Å². The molecular formula is C29H36N2O4. The average Bonchev–Trinajstić information content (AvgIpc) is 3.21. The minimum absolute atomic E-state index is 0.254. The fourth-order valence-electron chi connectivity index (χ4n) is 4.66. The number of rotatable bonds is 5. The second kappa shape index (κ2) is 9.68. The summed E-state index contributed by atoms with van der Waals surface area (Å²) in [5.74, 6) is 1.75. The number of carbonyl (C=O) groups excluding carboxylic acids is 1. The molecule has 1 aliphatic rings. The Balaban J connectivity index is 1.67. The van der Waals surface area contributed by atoms with E-state index in [4.69, 9.17) is 14.2 Å². The molecule has 3 aromatic rings. The Morgan fingerprint density at radius 2 is 1.71 bits per heavy atom. The lowest BCUT2D eigenvalue weighted by atomic mass is 9.93. The zero-order chi connectivity index (χ0) is 25.3. The van der Waals surface area contributed by atoms with Crippen molar-refractivity contribution in [2.75, 3.05) is 27.3 Å². The van der Waals surface area contributed by atoms with Crippen LogP contribution < -0.4 is 9.47 Å². The van der Waals surface area contributed by atoms with Crippen molar-refractivity contribution in [3.63, 3.8) is 0 Å². The van der Waals surface area contributed by atoms with Crippen LogP contribution in [-0.4, -0.2) is 48.9 Å². The molecule has 2 aromatic carbocycles. The largest absolute Gasteiger partial charge is 0.493 e. The predicted octanol–water partition coefficient (Wildman–Crippen LogP) is 7.00. The second-order valence-electron chi connectivity index (χ2n) is 10.3. The summed E-state index contributed by atoms with van der Waals surface area (Å²) in [6, 6.07) is 12.6. The van der Waals surface area contributed by atoms with Crippen molar-refractivity contribution in [3.8, 4) is 22.8 Å². The molecule has 0 fully saturated rings. The van der Waals surface area contributed by atoms with Crippen LogP contribution in [0.5, 0.6) is 11.5 Å². The van der Waals surface area contributed by atoms with Gasteiger partial charge in [0.1, 0.15) is 5.60 Å². The molecule has 35 heavy (non-hydrogen) atoms. The van der Waals surface area contributed by atoms with Crippen molar-refractivity contribution in [1.82, 2.24) is 9.88 Å². The number of carbonyl (C=O) groups is 1. The molecule has 4 rings (SSSR count). The molecule has 0 atom stereocenters. The summed E-state index contributed by atoms with van der Waals surface area (Å²) >= 11 is 0. The zero-order valence-corrected chi connectivity index (χ0v) is 21.8. The molecular weight excluding hydrogens is 440 g/mol. The van der Waals surface area contributed by atoms with Crippen molar-refractivity contribution in [1.29, 1.82) is 0 Å². The molecule has 0 bridgehead atoms. The SMILES string of the molecule is COc1ccc(-c2[nH]c3ccc(C4=CCN(C(=O)OC(C)(C)C)CC4)cc3c2C(C)C)cc1OC. The number of ether oxygens (including phenoxy) is 3. The third kappa shape index (κ3) is 5.16. The van der Waals surface area contributed by atoms with Crippen molar-refractivity contribution < 1.29 is 19.0 Å². The fourth-order valence-corrected chi connectivity index (χ4v) is 4.66. The lowest BCUT2D eigenvalue weighted by molar-refractivity contribution is 0.0270. The Morgan fingerprint density at radius 3 is 2.31 bits per heavy atom. The molecule has 0 radical (unpaired) electrons. The summed E-state index contributed by atoms with van der Waals surface area (Å²) in [5.41, 5.74) is 6.52. The molecule has 1 amide bonds. The Hall–Kier alpha value is -3.41. The Morgan fingerprint density at radius 1 is 1.00 bits per heavy atom. The summed E-state index contributed by atoms with van der Waals surface area (Å²) in [6.45, 7) is 11.3. The van der Waals surface area contributed by atoms with E-state index in [-0.39, 0.29) is 6.09 Å². The number of H-pyrrole nitrogens is 1. The Kier molecular flexibility index (Phi) is 6.84. The lowest BCUT2D eigenvalue weighted by Crippen LogP contribution is -2.39. The van der Waals surface area contributed by atoms with Gasteiger partial charge in [-0.25, -0.2) is 4.79 Å². The smallest absolute Gasteiger partial charge is 0.410 e. The molecule has 6 heteroatoms. The van der Waals surface area contributed by atoms with Crippen LogP contribution in [0.1, 0.15) is 58.1 Å². The summed E-state index contributed by atoms with van der Waals surface area (Å²) in [5, 5.41) is 1.22. The first-order chi connectivity index (χ1) is 16.6. The first-order valence-electron chi connectivity index (χ1n) is 12.2. The minimum Gasteiger partial charge on any atom is -0.493 e. The molecule has 186 valence electrons. The van der Waals surface area contributed by atoms with E-state index in [1.165, 1.54) is 22.1 Å². The third-order valence-corrected chi connectivity index (χ3v) is 6.32. The maximum atomic E-state index is 12.4. The van der Waals surface area contributed by atoms with Crippen LogP contribution in [0.2, 0.25) is 0 Å². The van der Waals surface area contributed by atoms with Gasteiger partial charge in [-0.2, -0.15) is 0 Å². The number of nitrogens with one attached hydrogen (secondary N) is 1. The number of amides is 1. The van der Waals surface area contributed by atoms with E-state index in [2.05, 4.69) is 49.2 Å². The van der Waals surface area contributed by atoms with Crippen molar-refractivity contribution >= 4 is 22.6 Å². The van der Waals surface area contributed by atoms with Crippen LogP contribution in [0.15, 0.2) is 42.5 Å². The topological polar surface area (TPSA) is 63.8 Å². The summed E-state index contributed by atoms with van der Waals surface area (Å²) in [6.07, 6.45) is 2.69. The van der Waals surface area contributed by atoms with E-state index in [0.29, 0.717) is 30.5 Å². The highest BCUT2D eigenvalue weighted by Gasteiger charge is 2.24. The third-order valence-electron chi connectivity index (χ3n) is 6.32. The van der Waals surface area contributed by atoms with E-state index in [0.717, 1.165) is 23.2 Å². The van der Waals surface area contributed by atoms with Crippen LogP contribution in [-0.2, 0) is 4.74 Å². The van der Waals surface area contributed by atoms with E-state index in [1.54, 1.807) is 19.1 Å².